The molecule has 0 amide bonds. The van der Waals surface area contributed by atoms with E-state index in [4.69, 9.17) is 4.99 Å². The standard InChI is InChI=1S/C14H26N2S/c1-10(2)11-7-5-6-8-12(11)15-13-16-14(3,4)9-17-13/h10-12H,5-9H2,1-4H3,(H,15,16). The summed E-state index contributed by atoms with van der Waals surface area (Å²) < 4.78 is 0. The van der Waals surface area contributed by atoms with Crippen LogP contribution in [0.25, 0.3) is 0 Å². The first-order valence-electron chi connectivity index (χ1n) is 6.97. The number of hydrogen-bond acceptors (Lipinski definition) is 2. The summed E-state index contributed by atoms with van der Waals surface area (Å²) in [5.41, 5.74) is 0.228. The highest BCUT2D eigenvalue weighted by molar-refractivity contribution is 8.14. The van der Waals surface area contributed by atoms with E-state index in [-0.39, 0.29) is 5.54 Å². The Morgan fingerprint density at radius 3 is 2.59 bits per heavy atom. The van der Waals surface area contributed by atoms with Gasteiger partial charge in [-0.3, -0.25) is 4.99 Å². The second-order valence-corrected chi connectivity index (χ2v) is 7.46. The van der Waals surface area contributed by atoms with Crippen molar-refractivity contribution in [3.63, 3.8) is 0 Å². The molecule has 2 rings (SSSR count). The minimum atomic E-state index is 0.228. The molecule has 0 spiro atoms. The number of nitrogens with zero attached hydrogens (tertiary/aromatic N) is 1. The minimum absolute atomic E-state index is 0.228. The monoisotopic (exact) mass is 254 g/mol. The lowest BCUT2D eigenvalue weighted by Gasteiger charge is -2.32. The van der Waals surface area contributed by atoms with Crippen LogP contribution in [-0.4, -0.2) is 22.5 Å². The van der Waals surface area contributed by atoms with E-state index in [1.807, 2.05) is 11.8 Å². The van der Waals surface area contributed by atoms with Crippen molar-refractivity contribution >= 4 is 16.9 Å². The number of hydrogen-bond donors (Lipinski definition) is 1. The van der Waals surface area contributed by atoms with Crippen LogP contribution < -0.4 is 5.32 Å². The summed E-state index contributed by atoms with van der Waals surface area (Å²) in [7, 11) is 0. The largest absolute Gasteiger partial charge is 0.359 e. The Morgan fingerprint density at radius 1 is 1.29 bits per heavy atom. The van der Waals surface area contributed by atoms with Gasteiger partial charge in [0.25, 0.3) is 0 Å². The Bertz CT molecular complexity index is 297. The predicted molar refractivity (Wildman–Crippen MR) is 77.7 cm³/mol. The fraction of sp³-hybridized carbons (Fsp3) is 0.929. The molecule has 0 aromatic rings. The van der Waals surface area contributed by atoms with Crippen molar-refractivity contribution in [3.05, 3.63) is 0 Å². The molecule has 2 aliphatic rings. The van der Waals surface area contributed by atoms with Crippen LogP contribution in [0.1, 0.15) is 53.4 Å². The molecule has 98 valence electrons. The zero-order valence-electron chi connectivity index (χ0n) is 11.6. The Hall–Kier alpha value is -0.180. The molecule has 1 aliphatic heterocycles. The highest BCUT2D eigenvalue weighted by Gasteiger charge is 2.31. The van der Waals surface area contributed by atoms with Gasteiger partial charge in [-0.05, 0) is 38.5 Å². The lowest BCUT2D eigenvalue weighted by molar-refractivity contribution is 0.241. The van der Waals surface area contributed by atoms with Gasteiger partial charge in [0.1, 0.15) is 0 Å². The van der Waals surface area contributed by atoms with Crippen molar-refractivity contribution in [2.24, 2.45) is 16.8 Å². The van der Waals surface area contributed by atoms with Crippen LogP contribution in [-0.2, 0) is 0 Å². The van der Waals surface area contributed by atoms with Crippen LogP contribution >= 0.6 is 11.8 Å². The molecule has 1 N–H and O–H groups in total. The third-order valence-electron chi connectivity index (χ3n) is 3.94. The maximum Gasteiger partial charge on any atom is 0.157 e. The molecule has 0 radical (unpaired) electrons. The summed E-state index contributed by atoms with van der Waals surface area (Å²) in [6.45, 7) is 9.21. The van der Waals surface area contributed by atoms with Gasteiger partial charge in [0.15, 0.2) is 5.17 Å². The van der Waals surface area contributed by atoms with Crippen molar-refractivity contribution in [2.75, 3.05) is 5.75 Å². The lowest BCUT2D eigenvalue weighted by atomic mass is 9.78. The molecule has 0 aromatic carbocycles. The molecule has 2 nitrogen and oxygen atoms in total. The van der Waals surface area contributed by atoms with Crippen LogP contribution in [0.5, 0.6) is 0 Å². The van der Waals surface area contributed by atoms with Gasteiger partial charge in [-0.2, -0.15) is 0 Å². The Labute approximate surface area is 110 Å². The van der Waals surface area contributed by atoms with Gasteiger partial charge in [-0.25, -0.2) is 0 Å². The van der Waals surface area contributed by atoms with E-state index in [1.54, 1.807) is 0 Å². The van der Waals surface area contributed by atoms with Crippen LogP contribution in [0, 0.1) is 11.8 Å². The topological polar surface area (TPSA) is 24.4 Å². The van der Waals surface area contributed by atoms with Crippen LogP contribution in [0.3, 0.4) is 0 Å². The molecule has 2 unspecified atom stereocenters. The fourth-order valence-corrected chi connectivity index (χ4v) is 4.04. The van der Waals surface area contributed by atoms with E-state index < -0.39 is 0 Å². The summed E-state index contributed by atoms with van der Waals surface area (Å²) in [4.78, 5) is 5.00. The molecule has 2 atom stereocenters. The van der Waals surface area contributed by atoms with E-state index in [1.165, 1.54) is 30.9 Å². The molecule has 3 heteroatoms. The molecule has 1 saturated carbocycles. The van der Waals surface area contributed by atoms with Crippen LogP contribution in [0.4, 0.5) is 0 Å². The summed E-state index contributed by atoms with van der Waals surface area (Å²) in [6, 6.07) is 0.563. The number of amidine groups is 1. The van der Waals surface area contributed by atoms with Crippen LogP contribution in [0.2, 0.25) is 0 Å². The molecule has 2 fully saturated rings. The number of nitrogens with one attached hydrogen (secondary N) is 1. The van der Waals surface area contributed by atoms with Crippen molar-refractivity contribution in [2.45, 2.75) is 65.0 Å². The molecule has 17 heavy (non-hydrogen) atoms. The maximum absolute atomic E-state index is 5.00. The van der Waals surface area contributed by atoms with Gasteiger partial charge in [0.05, 0.1) is 6.04 Å². The molecule has 1 heterocycles. The van der Waals surface area contributed by atoms with E-state index in [2.05, 4.69) is 33.0 Å². The smallest absolute Gasteiger partial charge is 0.157 e. The molecular weight excluding hydrogens is 228 g/mol. The van der Waals surface area contributed by atoms with E-state index in [0.29, 0.717) is 6.04 Å². The van der Waals surface area contributed by atoms with Crippen LogP contribution in [0.15, 0.2) is 4.99 Å². The third kappa shape index (κ3) is 3.40. The SMILES string of the molecule is CC(C)C1CCCCC1N=C1NC(C)(C)CS1. The molecule has 1 aliphatic carbocycles. The van der Waals surface area contributed by atoms with E-state index in [9.17, 15) is 0 Å². The van der Waals surface area contributed by atoms with Gasteiger partial charge >= 0.3 is 0 Å². The van der Waals surface area contributed by atoms with Gasteiger partial charge in [-0.15, -0.1) is 0 Å². The van der Waals surface area contributed by atoms with Gasteiger partial charge < -0.3 is 5.32 Å². The van der Waals surface area contributed by atoms with Crippen molar-refractivity contribution < 1.29 is 0 Å². The van der Waals surface area contributed by atoms with Crippen molar-refractivity contribution in [1.29, 1.82) is 0 Å². The highest BCUT2D eigenvalue weighted by Crippen LogP contribution is 2.33. The van der Waals surface area contributed by atoms with Gasteiger partial charge in [0, 0.05) is 11.3 Å². The Balaban J connectivity index is 2.03. The predicted octanol–water partition coefficient (Wildman–Crippen LogP) is 3.67. The van der Waals surface area contributed by atoms with Crippen molar-refractivity contribution in [3.8, 4) is 0 Å². The Kier molecular flexibility index (Phi) is 4.06. The first kappa shape index (κ1) is 13.3. The molecule has 0 bridgehead atoms. The third-order valence-corrected chi connectivity index (χ3v) is 5.28. The zero-order valence-corrected chi connectivity index (χ0v) is 12.4. The average molecular weight is 254 g/mol. The number of aliphatic imine (C=N–C) groups is 1. The van der Waals surface area contributed by atoms with E-state index in [0.717, 1.165) is 17.6 Å². The zero-order chi connectivity index (χ0) is 12.5. The molecule has 1 saturated heterocycles. The summed E-state index contributed by atoms with van der Waals surface area (Å²) in [6.07, 6.45) is 5.41. The van der Waals surface area contributed by atoms with Gasteiger partial charge in [-0.1, -0.05) is 38.5 Å². The summed E-state index contributed by atoms with van der Waals surface area (Å²) in [5.74, 6) is 2.71. The lowest BCUT2D eigenvalue weighted by Crippen LogP contribution is -2.38. The molecule has 0 aromatic heterocycles. The second-order valence-electron chi connectivity index (χ2n) is 6.49. The Morgan fingerprint density at radius 2 is 2.00 bits per heavy atom. The first-order valence-corrected chi connectivity index (χ1v) is 7.95. The average Bonchev–Trinajstić information content (AvgIpc) is 2.58. The van der Waals surface area contributed by atoms with Crippen molar-refractivity contribution in [1.82, 2.24) is 5.32 Å². The van der Waals surface area contributed by atoms with Gasteiger partial charge in [0.2, 0.25) is 0 Å². The normalized spacial score (nSPS) is 35.2. The maximum atomic E-state index is 5.00. The minimum Gasteiger partial charge on any atom is -0.359 e. The summed E-state index contributed by atoms with van der Waals surface area (Å²) >= 11 is 1.90. The number of rotatable bonds is 2. The molecular formula is C14H26N2S. The first-order chi connectivity index (χ1) is 7.98. The summed E-state index contributed by atoms with van der Waals surface area (Å²) in [5, 5.41) is 4.74. The quantitative estimate of drug-likeness (QED) is 0.813. The fourth-order valence-electron chi connectivity index (χ4n) is 2.91. The van der Waals surface area contributed by atoms with E-state index >= 15 is 0 Å². The highest BCUT2D eigenvalue weighted by atomic mass is 32.2. The second kappa shape index (κ2) is 5.21. The number of thioether (sulfide) groups is 1.